The zero-order valence-corrected chi connectivity index (χ0v) is 15.8. The van der Waals surface area contributed by atoms with Gasteiger partial charge in [-0.1, -0.05) is 15.9 Å². The van der Waals surface area contributed by atoms with Crippen LogP contribution in [-0.2, 0) is 9.59 Å². The molecule has 0 radical (unpaired) electrons. The Balaban J connectivity index is 1.78. The number of rotatable bonds is 5. The van der Waals surface area contributed by atoms with Crippen LogP contribution in [0.15, 0.2) is 50.0 Å². The molecule has 126 valence electrons. The van der Waals surface area contributed by atoms with Crippen molar-refractivity contribution in [2.45, 2.75) is 6.92 Å². The molecule has 0 aliphatic rings. The number of hydrogen-bond donors (Lipinski definition) is 2. The summed E-state index contributed by atoms with van der Waals surface area (Å²) in [6.45, 7) is 1.63. The molecule has 2 N–H and O–H groups in total. The zero-order valence-electron chi connectivity index (χ0n) is 12.6. The molecule has 2 amide bonds. The van der Waals surface area contributed by atoms with Crippen molar-refractivity contribution in [3.05, 3.63) is 56.9 Å². The highest BCUT2D eigenvalue weighted by molar-refractivity contribution is 9.11. The number of carbonyl (C=O) groups excluding carboxylic acids is 2. The summed E-state index contributed by atoms with van der Waals surface area (Å²) in [6.07, 6.45) is 4.23. The molecule has 24 heavy (non-hydrogen) atoms. The summed E-state index contributed by atoms with van der Waals surface area (Å²) in [5.74, 6) is 0.137. The van der Waals surface area contributed by atoms with Crippen molar-refractivity contribution >= 4 is 49.8 Å². The molecular formula is C16H14Br2N2O4. The fraction of sp³-hybridized carbons (Fsp3) is 0.125. The standard InChI is InChI=1S/C16H14Br2N2O4/c1-10-7-11(17)8-13(18)16(10)24-9-15(22)20-19-14(21)5-4-12-3-2-6-23-12/h2-8H,9H2,1H3,(H,19,21)(H,20,22)/b5-4+. The molecule has 1 aromatic carbocycles. The summed E-state index contributed by atoms with van der Waals surface area (Å²) in [6, 6.07) is 7.11. The van der Waals surface area contributed by atoms with Crippen LogP contribution in [0.25, 0.3) is 6.08 Å². The highest BCUT2D eigenvalue weighted by Crippen LogP contribution is 2.32. The SMILES string of the molecule is Cc1cc(Br)cc(Br)c1OCC(=O)NNC(=O)/C=C/c1ccco1. The second-order valence-electron chi connectivity index (χ2n) is 4.71. The minimum Gasteiger partial charge on any atom is -0.482 e. The maximum absolute atomic E-state index is 11.7. The van der Waals surface area contributed by atoms with Crippen molar-refractivity contribution in [2.24, 2.45) is 0 Å². The van der Waals surface area contributed by atoms with Crippen LogP contribution in [0.1, 0.15) is 11.3 Å². The van der Waals surface area contributed by atoms with Crippen LogP contribution >= 0.6 is 31.9 Å². The van der Waals surface area contributed by atoms with Crippen molar-refractivity contribution in [2.75, 3.05) is 6.61 Å². The van der Waals surface area contributed by atoms with E-state index in [1.54, 1.807) is 12.1 Å². The molecule has 2 rings (SSSR count). The molecule has 1 aromatic heterocycles. The first-order chi connectivity index (χ1) is 11.5. The van der Waals surface area contributed by atoms with Crippen LogP contribution in [-0.4, -0.2) is 18.4 Å². The predicted molar refractivity (Wildman–Crippen MR) is 96.1 cm³/mol. The summed E-state index contributed by atoms with van der Waals surface area (Å²) < 4.78 is 12.1. The second-order valence-corrected chi connectivity index (χ2v) is 6.48. The van der Waals surface area contributed by atoms with Crippen molar-refractivity contribution in [1.82, 2.24) is 10.9 Å². The van der Waals surface area contributed by atoms with Crippen LogP contribution < -0.4 is 15.6 Å². The fourth-order valence-corrected chi connectivity index (χ4v) is 3.32. The summed E-state index contributed by atoms with van der Waals surface area (Å²) >= 11 is 6.75. The third-order valence-electron chi connectivity index (χ3n) is 2.81. The Bertz CT molecular complexity index is 734. The summed E-state index contributed by atoms with van der Waals surface area (Å²) in [4.78, 5) is 23.3. The number of carbonyl (C=O) groups is 2. The van der Waals surface area contributed by atoms with E-state index in [-0.39, 0.29) is 6.61 Å². The van der Waals surface area contributed by atoms with Crippen LogP contribution in [0.4, 0.5) is 0 Å². The number of furan rings is 1. The van der Waals surface area contributed by atoms with E-state index < -0.39 is 11.8 Å². The smallest absolute Gasteiger partial charge is 0.276 e. The molecule has 0 unspecified atom stereocenters. The molecule has 0 bridgehead atoms. The molecule has 1 heterocycles. The Hall–Kier alpha value is -2.06. The van der Waals surface area contributed by atoms with E-state index in [1.807, 2.05) is 19.1 Å². The third kappa shape index (κ3) is 5.54. The monoisotopic (exact) mass is 456 g/mol. The normalized spacial score (nSPS) is 10.6. The van der Waals surface area contributed by atoms with E-state index in [0.29, 0.717) is 11.5 Å². The van der Waals surface area contributed by atoms with Crippen LogP contribution in [0.3, 0.4) is 0 Å². The first-order valence-corrected chi connectivity index (χ1v) is 8.43. The van der Waals surface area contributed by atoms with E-state index in [2.05, 4.69) is 42.7 Å². The lowest BCUT2D eigenvalue weighted by molar-refractivity contribution is -0.128. The van der Waals surface area contributed by atoms with Crippen LogP contribution in [0.5, 0.6) is 5.75 Å². The highest BCUT2D eigenvalue weighted by Gasteiger charge is 2.10. The van der Waals surface area contributed by atoms with Gasteiger partial charge in [-0.15, -0.1) is 0 Å². The van der Waals surface area contributed by atoms with Gasteiger partial charge in [0.15, 0.2) is 6.61 Å². The van der Waals surface area contributed by atoms with Crippen LogP contribution in [0.2, 0.25) is 0 Å². The van der Waals surface area contributed by atoms with E-state index in [4.69, 9.17) is 9.15 Å². The van der Waals surface area contributed by atoms with Gasteiger partial charge in [0.05, 0.1) is 10.7 Å². The molecule has 2 aromatic rings. The Morgan fingerprint density at radius 3 is 2.75 bits per heavy atom. The lowest BCUT2D eigenvalue weighted by Crippen LogP contribution is -2.43. The maximum Gasteiger partial charge on any atom is 0.276 e. The number of aryl methyl sites for hydroxylation is 1. The van der Waals surface area contributed by atoms with E-state index >= 15 is 0 Å². The number of hydrazine groups is 1. The molecule has 8 heteroatoms. The summed E-state index contributed by atoms with van der Waals surface area (Å²) in [5, 5.41) is 0. The van der Waals surface area contributed by atoms with Crippen molar-refractivity contribution < 1.29 is 18.7 Å². The number of benzene rings is 1. The van der Waals surface area contributed by atoms with Crippen molar-refractivity contribution in [3.63, 3.8) is 0 Å². The molecular weight excluding hydrogens is 444 g/mol. The largest absolute Gasteiger partial charge is 0.482 e. The van der Waals surface area contributed by atoms with Gasteiger partial charge in [-0.25, -0.2) is 0 Å². The number of nitrogens with one attached hydrogen (secondary N) is 2. The van der Waals surface area contributed by atoms with Gasteiger partial charge in [0, 0.05) is 10.5 Å². The topological polar surface area (TPSA) is 80.6 Å². The average Bonchev–Trinajstić information content (AvgIpc) is 3.03. The van der Waals surface area contributed by atoms with Gasteiger partial charge < -0.3 is 9.15 Å². The number of ether oxygens (including phenoxy) is 1. The van der Waals surface area contributed by atoms with E-state index in [1.165, 1.54) is 18.4 Å². The van der Waals surface area contributed by atoms with Crippen molar-refractivity contribution in [1.29, 1.82) is 0 Å². The van der Waals surface area contributed by atoms with Crippen LogP contribution in [0, 0.1) is 6.92 Å². The molecule has 0 aliphatic heterocycles. The minimum atomic E-state index is -0.485. The molecule has 0 spiro atoms. The molecule has 0 saturated heterocycles. The Morgan fingerprint density at radius 1 is 1.29 bits per heavy atom. The predicted octanol–water partition coefficient (Wildman–Crippen LogP) is 3.35. The van der Waals surface area contributed by atoms with Gasteiger partial charge in [-0.05, 0) is 58.8 Å². The lowest BCUT2D eigenvalue weighted by Gasteiger charge is -2.12. The van der Waals surface area contributed by atoms with Gasteiger partial charge in [0.2, 0.25) is 0 Å². The highest BCUT2D eigenvalue weighted by atomic mass is 79.9. The van der Waals surface area contributed by atoms with Gasteiger partial charge >= 0.3 is 0 Å². The molecule has 0 aliphatic carbocycles. The van der Waals surface area contributed by atoms with Gasteiger partial charge in [-0.2, -0.15) is 0 Å². The molecule has 0 atom stereocenters. The van der Waals surface area contributed by atoms with E-state index in [0.717, 1.165) is 14.5 Å². The van der Waals surface area contributed by atoms with Gasteiger partial charge in [-0.3, -0.25) is 20.4 Å². The first kappa shape index (κ1) is 18.3. The van der Waals surface area contributed by atoms with Gasteiger partial charge in [0.25, 0.3) is 11.8 Å². The lowest BCUT2D eigenvalue weighted by atomic mass is 10.2. The Morgan fingerprint density at radius 2 is 2.08 bits per heavy atom. The molecule has 6 nitrogen and oxygen atoms in total. The summed E-state index contributed by atoms with van der Waals surface area (Å²) in [5.41, 5.74) is 5.39. The quantitative estimate of drug-likeness (QED) is 0.532. The maximum atomic E-state index is 11.7. The van der Waals surface area contributed by atoms with Crippen molar-refractivity contribution in [3.8, 4) is 5.75 Å². The first-order valence-electron chi connectivity index (χ1n) is 6.84. The molecule has 0 fully saturated rings. The second kappa shape index (κ2) is 8.70. The number of hydrogen-bond acceptors (Lipinski definition) is 4. The minimum absolute atomic E-state index is 0.233. The molecule has 0 saturated carbocycles. The number of amides is 2. The Labute approximate surface area is 155 Å². The Kier molecular flexibility index (Phi) is 6.62. The zero-order chi connectivity index (χ0) is 17.5. The fourth-order valence-electron chi connectivity index (χ4n) is 1.76. The number of halogens is 2. The average molecular weight is 458 g/mol. The van der Waals surface area contributed by atoms with Gasteiger partial charge in [0.1, 0.15) is 11.5 Å². The van der Waals surface area contributed by atoms with E-state index in [9.17, 15) is 9.59 Å². The summed E-state index contributed by atoms with van der Waals surface area (Å²) in [7, 11) is 0. The third-order valence-corrected chi connectivity index (χ3v) is 3.86.